The molecule has 7 nitrogen and oxygen atoms in total. The van der Waals surface area contributed by atoms with Gasteiger partial charge in [0, 0.05) is 24.0 Å². The number of halogens is 1. The third-order valence-corrected chi connectivity index (χ3v) is 8.05. The van der Waals surface area contributed by atoms with E-state index in [2.05, 4.69) is 25.9 Å². The van der Waals surface area contributed by atoms with E-state index in [9.17, 15) is 9.59 Å². The predicted octanol–water partition coefficient (Wildman–Crippen LogP) is 4.94. The third-order valence-electron chi connectivity index (χ3n) is 7.20. The van der Waals surface area contributed by atoms with Gasteiger partial charge in [0.1, 0.15) is 16.2 Å². The monoisotopic (exact) mass is 536 g/mol. The number of Topliss-reactive ketones (excluding diaryl/α,β-unsaturated/α-hetero) is 1. The summed E-state index contributed by atoms with van der Waals surface area (Å²) in [5.41, 5.74) is 3.92. The fourth-order valence-corrected chi connectivity index (χ4v) is 6.43. The summed E-state index contributed by atoms with van der Waals surface area (Å²) in [6.45, 7) is 4.05. The number of ether oxygens (including phenoxy) is 1. The van der Waals surface area contributed by atoms with Crippen molar-refractivity contribution in [1.82, 2.24) is 14.5 Å². The Morgan fingerprint density at radius 2 is 1.97 bits per heavy atom. The number of esters is 1. The molecule has 2 atom stereocenters. The van der Waals surface area contributed by atoms with Gasteiger partial charge in [0.15, 0.2) is 17.5 Å². The van der Waals surface area contributed by atoms with E-state index in [1.54, 1.807) is 13.1 Å². The number of fused-ring (bicyclic) bond motifs is 1. The molecule has 8 heteroatoms. The zero-order valence-corrected chi connectivity index (χ0v) is 21.6. The van der Waals surface area contributed by atoms with E-state index >= 15 is 0 Å². The molecule has 2 aliphatic rings. The van der Waals surface area contributed by atoms with Crippen LogP contribution < -0.4 is 0 Å². The molecule has 3 aromatic rings. The highest BCUT2D eigenvalue weighted by Crippen LogP contribution is 2.49. The number of carbonyl (C=O) groups is 2. The van der Waals surface area contributed by atoms with Gasteiger partial charge in [0.2, 0.25) is 0 Å². The number of imidazole rings is 1. The Labute approximate surface area is 213 Å². The quantitative estimate of drug-likeness (QED) is 0.329. The second kappa shape index (κ2) is 9.64. The van der Waals surface area contributed by atoms with Crippen molar-refractivity contribution in [1.29, 1.82) is 0 Å². The summed E-state index contributed by atoms with van der Waals surface area (Å²) in [6, 6.07) is 11.2. The molecule has 2 fully saturated rings. The van der Waals surface area contributed by atoms with Gasteiger partial charge in [-0.15, -0.1) is 0 Å². The highest BCUT2D eigenvalue weighted by Gasteiger charge is 2.58. The maximum atomic E-state index is 12.9. The second-order valence-electron chi connectivity index (χ2n) is 9.36. The van der Waals surface area contributed by atoms with Crippen molar-refractivity contribution in [2.75, 3.05) is 6.61 Å². The minimum absolute atomic E-state index is 0.208. The van der Waals surface area contributed by atoms with Crippen LogP contribution in [-0.4, -0.2) is 49.5 Å². The maximum absolute atomic E-state index is 12.9. The normalized spacial score (nSPS) is 21.3. The molecule has 1 spiro atoms. The Morgan fingerprint density at radius 3 is 2.69 bits per heavy atom. The molecule has 0 radical (unpaired) electrons. The molecule has 5 rings (SSSR count). The van der Waals surface area contributed by atoms with Crippen molar-refractivity contribution in [2.45, 2.75) is 63.2 Å². The van der Waals surface area contributed by atoms with E-state index in [1.807, 2.05) is 47.9 Å². The molecule has 1 unspecified atom stereocenters. The van der Waals surface area contributed by atoms with Gasteiger partial charge in [0.05, 0.1) is 12.0 Å². The summed E-state index contributed by atoms with van der Waals surface area (Å²) in [5.74, 6) is 0.715. The Bertz CT molecular complexity index is 1290. The van der Waals surface area contributed by atoms with Gasteiger partial charge in [-0.25, -0.2) is 14.8 Å². The SMILES string of the molecule is CCOC(=O)[C@H](Cc1ccc(-n2c(C)nc3cccnc32)cc1)N=C1C(Br)C(=O)C12CCCCC2. The molecular weight excluding hydrogens is 508 g/mol. The van der Waals surface area contributed by atoms with Crippen LogP contribution in [0.1, 0.15) is 50.4 Å². The number of aliphatic imine (C=N–C) groups is 1. The molecule has 2 heterocycles. The van der Waals surface area contributed by atoms with Crippen LogP contribution in [0.5, 0.6) is 0 Å². The lowest BCUT2D eigenvalue weighted by molar-refractivity contribution is -0.144. The molecular formula is C27H29BrN4O3. The fourth-order valence-electron chi connectivity index (χ4n) is 5.43. The summed E-state index contributed by atoms with van der Waals surface area (Å²) >= 11 is 3.52. The molecule has 0 aliphatic heterocycles. The van der Waals surface area contributed by atoms with Gasteiger partial charge in [-0.1, -0.05) is 47.3 Å². The second-order valence-corrected chi connectivity index (χ2v) is 10.3. The average Bonchev–Trinajstić information content (AvgIpc) is 3.22. The number of aryl methyl sites for hydroxylation is 1. The molecule has 2 saturated carbocycles. The first-order chi connectivity index (χ1) is 16.9. The summed E-state index contributed by atoms with van der Waals surface area (Å²) in [7, 11) is 0. The topological polar surface area (TPSA) is 86.4 Å². The number of ketones is 1. The van der Waals surface area contributed by atoms with Gasteiger partial charge in [0.25, 0.3) is 0 Å². The Balaban J connectivity index is 1.42. The van der Waals surface area contributed by atoms with Crippen LogP contribution in [0.15, 0.2) is 47.6 Å². The zero-order valence-electron chi connectivity index (χ0n) is 20.0. The minimum atomic E-state index is -0.680. The number of hydrogen-bond acceptors (Lipinski definition) is 6. The van der Waals surface area contributed by atoms with E-state index in [4.69, 9.17) is 9.73 Å². The van der Waals surface area contributed by atoms with E-state index in [0.717, 1.165) is 66.1 Å². The van der Waals surface area contributed by atoms with Crippen LogP contribution >= 0.6 is 15.9 Å². The number of aromatic nitrogens is 3. The largest absolute Gasteiger partial charge is 0.464 e. The maximum Gasteiger partial charge on any atom is 0.331 e. The highest BCUT2D eigenvalue weighted by molar-refractivity contribution is 9.10. The van der Waals surface area contributed by atoms with Crippen LogP contribution in [0.3, 0.4) is 0 Å². The summed E-state index contributed by atoms with van der Waals surface area (Å²) in [6.07, 6.45) is 7.00. The van der Waals surface area contributed by atoms with Crippen molar-refractivity contribution in [3.05, 3.63) is 54.0 Å². The molecule has 1 aromatic carbocycles. The summed E-state index contributed by atoms with van der Waals surface area (Å²) < 4.78 is 7.38. The van der Waals surface area contributed by atoms with Crippen molar-refractivity contribution >= 4 is 44.6 Å². The highest BCUT2D eigenvalue weighted by atomic mass is 79.9. The van der Waals surface area contributed by atoms with E-state index in [0.29, 0.717) is 13.0 Å². The van der Waals surface area contributed by atoms with Gasteiger partial charge < -0.3 is 4.74 Å². The van der Waals surface area contributed by atoms with E-state index < -0.39 is 16.3 Å². The molecule has 182 valence electrons. The van der Waals surface area contributed by atoms with Gasteiger partial charge >= 0.3 is 5.97 Å². The summed E-state index contributed by atoms with van der Waals surface area (Å²) in [4.78, 5) is 39.2. The van der Waals surface area contributed by atoms with Crippen LogP contribution in [-0.2, 0) is 20.7 Å². The third kappa shape index (κ3) is 4.22. The Kier molecular flexibility index (Phi) is 6.57. The van der Waals surface area contributed by atoms with Crippen LogP contribution in [0.25, 0.3) is 16.9 Å². The molecule has 35 heavy (non-hydrogen) atoms. The first kappa shape index (κ1) is 23.9. The Morgan fingerprint density at radius 1 is 1.23 bits per heavy atom. The van der Waals surface area contributed by atoms with Crippen LogP contribution in [0.4, 0.5) is 0 Å². The van der Waals surface area contributed by atoms with E-state index in [1.165, 1.54) is 0 Å². The average molecular weight is 537 g/mol. The summed E-state index contributed by atoms with van der Waals surface area (Å²) in [5, 5.41) is 0. The predicted molar refractivity (Wildman–Crippen MR) is 138 cm³/mol. The lowest BCUT2D eigenvalue weighted by atomic mass is 9.58. The van der Waals surface area contributed by atoms with Crippen molar-refractivity contribution < 1.29 is 14.3 Å². The number of nitrogens with zero attached hydrogens (tertiary/aromatic N) is 4. The van der Waals surface area contributed by atoms with Gasteiger partial charge in [-0.2, -0.15) is 0 Å². The lowest BCUT2D eigenvalue weighted by Gasteiger charge is -2.47. The number of rotatable bonds is 6. The number of pyridine rings is 1. The lowest BCUT2D eigenvalue weighted by Crippen LogP contribution is -2.61. The van der Waals surface area contributed by atoms with Gasteiger partial charge in [-0.05, 0) is 56.5 Å². The molecule has 0 N–H and O–H groups in total. The number of benzene rings is 1. The van der Waals surface area contributed by atoms with Crippen molar-refractivity contribution in [3.8, 4) is 5.69 Å². The molecule has 0 amide bonds. The Hall–Kier alpha value is -2.87. The minimum Gasteiger partial charge on any atom is -0.464 e. The number of carbonyl (C=O) groups excluding carboxylic acids is 2. The standard InChI is InChI=1S/C27H29BrN4O3/c1-3-35-26(34)21(31-23-22(28)24(33)27(23)13-5-4-6-14-27)16-18-9-11-19(12-10-18)32-17(2)30-20-8-7-15-29-25(20)32/h7-12,15,21-22H,3-6,13-14,16H2,1-2H3/t21-,22?/m0/s1. The molecule has 2 aliphatic carbocycles. The number of alkyl halides is 1. The first-order valence-corrected chi connectivity index (χ1v) is 13.2. The first-order valence-electron chi connectivity index (χ1n) is 12.3. The number of hydrogen-bond donors (Lipinski definition) is 0. The fraction of sp³-hybridized carbons (Fsp3) is 0.444. The van der Waals surface area contributed by atoms with Crippen molar-refractivity contribution in [2.24, 2.45) is 10.4 Å². The zero-order chi connectivity index (χ0) is 24.6. The smallest absolute Gasteiger partial charge is 0.331 e. The molecule has 0 saturated heterocycles. The molecule has 2 aromatic heterocycles. The van der Waals surface area contributed by atoms with E-state index in [-0.39, 0.29) is 11.8 Å². The molecule has 0 bridgehead atoms. The van der Waals surface area contributed by atoms with Gasteiger partial charge in [-0.3, -0.25) is 14.4 Å². The van der Waals surface area contributed by atoms with Crippen LogP contribution in [0.2, 0.25) is 0 Å². The van der Waals surface area contributed by atoms with Crippen molar-refractivity contribution in [3.63, 3.8) is 0 Å². The van der Waals surface area contributed by atoms with Crippen LogP contribution in [0, 0.1) is 12.3 Å².